The summed E-state index contributed by atoms with van der Waals surface area (Å²) in [4.78, 5) is 0.0638. The summed E-state index contributed by atoms with van der Waals surface area (Å²) in [6.45, 7) is -0.619. The topological polar surface area (TPSA) is 64.6 Å². The minimum absolute atomic E-state index is 0.0518. The van der Waals surface area contributed by atoms with E-state index in [0.717, 1.165) is 0 Å². The predicted octanol–water partition coefficient (Wildman–Crippen LogP) is 3.49. The normalized spacial score (nSPS) is 11.3. The average Bonchev–Trinajstić information content (AvgIpc) is 2.49. The van der Waals surface area contributed by atoms with Crippen molar-refractivity contribution in [2.24, 2.45) is 0 Å². The Labute approximate surface area is 132 Å². The lowest BCUT2D eigenvalue weighted by Gasteiger charge is -2.10. The van der Waals surface area contributed by atoms with Crippen LogP contribution in [0.3, 0.4) is 0 Å². The number of hydrogen-bond donors (Lipinski definition) is 1. The summed E-state index contributed by atoms with van der Waals surface area (Å²) in [5, 5.41) is 0. The van der Waals surface area contributed by atoms with Crippen molar-refractivity contribution in [1.82, 2.24) is 0 Å². The minimum atomic E-state index is -3.78. The number of alkyl halides is 2. The van der Waals surface area contributed by atoms with E-state index in [-0.39, 0.29) is 16.3 Å². The van der Waals surface area contributed by atoms with Crippen LogP contribution >= 0.6 is 0 Å². The number of anilines is 1. The maximum atomic E-state index is 12.2. The molecule has 0 amide bonds. The van der Waals surface area contributed by atoms with E-state index in [1.807, 2.05) is 6.92 Å². The molecule has 124 valence electrons. The molecule has 2 aromatic carbocycles. The molecule has 0 saturated heterocycles. The Morgan fingerprint density at radius 2 is 1.57 bits per heavy atom. The molecule has 0 aromatic heterocycles. The molecule has 0 heterocycles. The van der Waals surface area contributed by atoms with Gasteiger partial charge in [-0.15, -0.1) is 0 Å². The van der Waals surface area contributed by atoms with Crippen LogP contribution in [0.15, 0.2) is 53.4 Å². The van der Waals surface area contributed by atoms with Crippen molar-refractivity contribution in [3.05, 3.63) is 48.5 Å². The maximum absolute atomic E-state index is 12.2. The molecule has 0 spiro atoms. The van der Waals surface area contributed by atoms with Gasteiger partial charge < -0.3 is 9.47 Å². The van der Waals surface area contributed by atoms with Crippen molar-refractivity contribution in [1.29, 1.82) is 0 Å². The molecule has 0 aliphatic carbocycles. The molecule has 0 unspecified atom stereocenters. The monoisotopic (exact) mass is 343 g/mol. The van der Waals surface area contributed by atoms with Gasteiger partial charge in [0.2, 0.25) is 0 Å². The van der Waals surface area contributed by atoms with Gasteiger partial charge in [0.25, 0.3) is 10.0 Å². The number of rotatable bonds is 7. The van der Waals surface area contributed by atoms with Crippen LogP contribution in [0.1, 0.15) is 6.92 Å². The SMILES string of the molecule is CCOc1ccc(S(=O)(=O)Nc2ccc(OC(F)F)cc2)cc1. The summed E-state index contributed by atoms with van der Waals surface area (Å²) in [5.41, 5.74) is 0.237. The first-order valence-corrected chi connectivity index (χ1v) is 8.19. The van der Waals surface area contributed by atoms with Crippen molar-refractivity contribution in [3.8, 4) is 11.5 Å². The standard InChI is InChI=1S/C15H15F2NO4S/c1-2-21-12-7-9-14(10-8-12)23(19,20)18-11-3-5-13(6-4-11)22-15(16)17/h3-10,15,18H,2H2,1H3. The van der Waals surface area contributed by atoms with Gasteiger partial charge in [0, 0.05) is 5.69 Å². The van der Waals surface area contributed by atoms with Gasteiger partial charge in [0.1, 0.15) is 11.5 Å². The number of hydrogen-bond acceptors (Lipinski definition) is 4. The van der Waals surface area contributed by atoms with Crippen molar-refractivity contribution in [2.45, 2.75) is 18.4 Å². The highest BCUT2D eigenvalue weighted by molar-refractivity contribution is 7.92. The Morgan fingerprint density at radius 1 is 1.00 bits per heavy atom. The van der Waals surface area contributed by atoms with Gasteiger partial charge in [0.05, 0.1) is 11.5 Å². The van der Waals surface area contributed by atoms with E-state index in [4.69, 9.17) is 4.74 Å². The van der Waals surface area contributed by atoms with Crippen LogP contribution in [0, 0.1) is 0 Å². The molecular formula is C15H15F2NO4S. The third-order valence-electron chi connectivity index (χ3n) is 2.78. The second-order valence-electron chi connectivity index (χ2n) is 4.41. The van der Waals surface area contributed by atoms with Crippen LogP contribution in [0.2, 0.25) is 0 Å². The van der Waals surface area contributed by atoms with Gasteiger partial charge in [-0.1, -0.05) is 0 Å². The van der Waals surface area contributed by atoms with Gasteiger partial charge in [-0.2, -0.15) is 8.78 Å². The van der Waals surface area contributed by atoms with E-state index in [1.54, 1.807) is 12.1 Å². The first-order valence-electron chi connectivity index (χ1n) is 6.71. The van der Waals surface area contributed by atoms with Crippen LogP contribution in [-0.2, 0) is 10.0 Å². The maximum Gasteiger partial charge on any atom is 0.387 e. The van der Waals surface area contributed by atoms with Gasteiger partial charge in [-0.3, -0.25) is 4.72 Å². The third kappa shape index (κ3) is 4.82. The summed E-state index contributed by atoms with van der Waals surface area (Å²) >= 11 is 0. The lowest BCUT2D eigenvalue weighted by molar-refractivity contribution is -0.0498. The number of benzene rings is 2. The molecule has 0 aliphatic heterocycles. The summed E-state index contributed by atoms with van der Waals surface area (Å²) in [5.74, 6) is 0.518. The number of halogens is 2. The van der Waals surface area contributed by atoms with Crippen molar-refractivity contribution < 1.29 is 26.7 Å². The van der Waals surface area contributed by atoms with Crippen LogP contribution < -0.4 is 14.2 Å². The molecule has 1 N–H and O–H groups in total. The zero-order valence-electron chi connectivity index (χ0n) is 12.2. The smallest absolute Gasteiger partial charge is 0.387 e. The molecular weight excluding hydrogens is 328 g/mol. The van der Waals surface area contributed by atoms with E-state index >= 15 is 0 Å². The quantitative estimate of drug-likeness (QED) is 0.836. The van der Waals surface area contributed by atoms with E-state index in [2.05, 4.69) is 9.46 Å². The van der Waals surface area contributed by atoms with Crippen LogP contribution in [0.5, 0.6) is 11.5 Å². The molecule has 0 radical (unpaired) electrons. The van der Waals surface area contributed by atoms with Gasteiger partial charge >= 0.3 is 6.61 Å². The van der Waals surface area contributed by atoms with Gasteiger partial charge in [0.15, 0.2) is 0 Å². The molecule has 0 atom stereocenters. The molecule has 0 fully saturated rings. The zero-order chi connectivity index (χ0) is 16.9. The van der Waals surface area contributed by atoms with E-state index in [9.17, 15) is 17.2 Å². The summed E-state index contributed by atoms with van der Waals surface area (Å²) in [6.07, 6.45) is 0. The molecule has 8 heteroatoms. The van der Waals surface area contributed by atoms with Crippen LogP contribution in [-0.4, -0.2) is 21.6 Å². The Balaban J connectivity index is 2.11. The first kappa shape index (κ1) is 17.0. The highest BCUT2D eigenvalue weighted by Gasteiger charge is 2.14. The second kappa shape index (κ2) is 7.28. The summed E-state index contributed by atoms with van der Waals surface area (Å²) in [6, 6.07) is 11.1. The summed E-state index contributed by atoms with van der Waals surface area (Å²) < 4.78 is 60.4. The van der Waals surface area contributed by atoms with Gasteiger partial charge in [-0.25, -0.2) is 8.42 Å². The molecule has 23 heavy (non-hydrogen) atoms. The highest BCUT2D eigenvalue weighted by Crippen LogP contribution is 2.22. The molecule has 2 rings (SSSR count). The predicted molar refractivity (Wildman–Crippen MR) is 81.5 cm³/mol. The molecule has 0 saturated carbocycles. The fourth-order valence-electron chi connectivity index (χ4n) is 1.80. The van der Waals surface area contributed by atoms with Crippen molar-refractivity contribution in [3.63, 3.8) is 0 Å². The largest absolute Gasteiger partial charge is 0.494 e. The minimum Gasteiger partial charge on any atom is -0.494 e. The van der Waals surface area contributed by atoms with Crippen LogP contribution in [0.25, 0.3) is 0 Å². The molecule has 0 bridgehead atoms. The Bertz CT molecular complexity index is 731. The van der Waals surface area contributed by atoms with Crippen LogP contribution in [0.4, 0.5) is 14.5 Å². The number of nitrogens with one attached hydrogen (secondary N) is 1. The second-order valence-corrected chi connectivity index (χ2v) is 6.10. The molecule has 5 nitrogen and oxygen atoms in total. The summed E-state index contributed by atoms with van der Waals surface area (Å²) in [7, 11) is -3.78. The number of ether oxygens (including phenoxy) is 2. The van der Waals surface area contributed by atoms with Crippen molar-refractivity contribution in [2.75, 3.05) is 11.3 Å². The van der Waals surface area contributed by atoms with Crippen molar-refractivity contribution >= 4 is 15.7 Å². The average molecular weight is 343 g/mol. The van der Waals surface area contributed by atoms with Gasteiger partial charge in [-0.05, 0) is 55.5 Å². The van der Waals surface area contributed by atoms with E-state index in [1.165, 1.54) is 36.4 Å². The Hall–Kier alpha value is -2.35. The molecule has 2 aromatic rings. The first-order chi connectivity index (χ1) is 10.9. The number of sulfonamides is 1. The van der Waals surface area contributed by atoms with E-state index in [0.29, 0.717) is 12.4 Å². The lowest BCUT2D eigenvalue weighted by atomic mass is 10.3. The lowest BCUT2D eigenvalue weighted by Crippen LogP contribution is -2.13. The Morgan fingerprint density at radius 3 is 2.09 bits per heavy atom. The fraction of sp³-hybridized carbons (Fsp3) is 0.200. The third-order valence-corrected chi connectivity index (χ3v) is 4.17. The molecule has 0 aliphatic rings. The van der Waals surface area contributed by atoms with E-state index < -0.39 is 16.6 Å². The zero-order valence-corrected chi connectivity index (χ0v) is 13.0. The fourth-order valence-corrected chi connectivity index (χ4v) is 2.86. The highest BCUT2D eigenvalue weighted by atomic mass is 32.2. The Kier molecular flexibility index (Phi) is 5.38.